The van der Waals surface area contributed by atoms with Crippen molar-refractivity contribution in [1.29, 1.82) is 0 Å². The first kappa shape index (κ1) is 18.6. The molecule has 5 nitrogen and oxygen atoms in total. The summed E-state index contributed by atoms with van der Waals surface area (Å²) in [5.41, 5.74) is 1.93. The van der Waals surface area contributed by atoms with Gasteiger partial charge in [0, 0.05) is 17.4 Å². The van der Waals surface area contributed by atoms with Gasteiger partial charge in [-0.3, -0.25) is 4.79 Å². The first-order valence-corrected chi connectivity index (χ1v) is 10.2. The molecule has 0 atom stereocenters. The second kappa shape index (κ2) is 8.01. The lowest BCUT2D eigenvalue weighted by Gasteiger charge is -2.13. The molecule has 1 saturated carbocycles. The number of rotatable bonds is 7. The van der Waals surface area contributed by atoms with Crippen molar-refractivity contribution >= 4 is 49.9 Å². The lowest BCUT2D eigenvalue weighted by molar-refractivity contribution is -0.116. The van der Waals surface area contributed by atoms with Gasteiger partial charge in [-0.1, -0.05) is 22.9 Å². The molecule has 0 radical (unpaired) electrons. The smallest absolute Gasteiger partial charge is 0.226 e. The number of ether oxygens (including phenoxy) is 1. The lowest BCUT2D eigenvalue weighted by Crippen LogP contribution is -2.12. The van der Waals surface area contributed by atoms with Crippen LogP contribution in [0.1, 0.15) is 47.7 Å². The van der Waals surface area contributed by atoms with Crippen LogP contribution in [0.15, 0.2) is 10.5 Å². The van der Waals surface area contributed by atoms with E-state index in [-0.39, 0.29) is 5.91 Å². The average molecular weight is 445 g/mol. The Kier molecular flexibility index (Phi) is 5.96. The molecule has 8 heteroatoms. The SMILES string of the molecule is Cc1cc(OCCCC(=O)Nc2nnc(C3CC3)s2)c(Br)c(C)c1Cl. The van der Waals surface area contributed by atoms with E-state index in [1.807, 2.05) is 19.9 Å². The molecule has 1 heterocycles. The number of aromatic nitrogens is 2. The minimum Gasteiger partial charge on any atom is -0.492 e. The quantitative estimate of drug-likeness (QED) is 0.593. The zero-order valence-electron chi connectivity index (χ0n) is 14.1. The molecule has 1 N–H and O–H groups in total. The Labute approximate surface area is 164 Å². The molecule has 0 saturated heterocycles. The Bertz CT molecular complexity index is 792. The highest BCUT2D eigenvalue weighted by molar-refractivity contribution is 9.10. The van der Waals surface area contributed by atoms with E-state index < -0.39 is 0 Å². The van der Waals surface area contributed by atoms with Crippen molar-refractivity contribution < 1.29 is 9.53 Å². The van der Waals surface area contributed by atoms with Crippen molar-refractivity contribution in [3.05, 3.63) is 31.7 Å². The van der Waals surface area contributed by atoms with Gasteiger partial charge in [-0.2, -0.15) is 0 Å². The third-order valence-corrected chi connectivity index (χ3v) is 6.56. The fourth-order valence-corrected chi connectivity index (χ4v) is 4.00. The minimum absolute atomic E-state index is 0.0652. The molecular weight excluding hydrogens is 426 g/mol. The van der Waals surface area contributed by atoms with E-state index in [4.69, 9.17) is 16.3 Å². The molecular formula is C17H19BrClN3O2S. The third-order valence-electron chi connectivity index (χ3n) is 3.99. The van der Waals surface area contributed by atoms with E-state index in [9.17, 15) is 4.79 Å². The van der Waals surface area contributed by atoms with Gasteiger partial charge in [0.05, 0.1) is 11.1 Å². The first-order valence-electron chi connectivity index (χ1n) is 8.17. The molecule has 134 valence electrons. The highest BCUT2D eigenvalue weighted by Gasteiger charge is 2.27. The predicted molar refractivity (Wildman–Crippen MR) is 104 cm³/mol. The number of amides is 1. The molecule has 1 aromatic heterocycles. The van der Waals surface area contributed by atoms with Gasteiger partial charge in [-0.05, 0) is 66.2 Å². The monoisotopic (exact) mass is 443 g/mol. The van der Waals surface area contributed by atoms with Crippen molar-refractivity contribution in [3.63, 3.8) is 0 Å². The van der Waals surface area contributed by atoms with Crippen LogP contribution in [0.5, 0.6) is 5.75 Å². The fourth-order valence-electron chi connectivity index (χ4n) is 2.38. The molecule has 25 heavy (non-hydrogen) atoms. The second-order valence-electron chi connectivity index (χ2n) is 6.16. The topological polar surface area (TPSA) is 64.1 Å². The Morgan fingerprint density at radius 1 is 1.44 bits per heavy atom. The summed E-state index contributed by atoms with van der Waals surface area (Å²) >= 11 is 11.2. The molecule has 1 aliphatic carbocycles. The van der Waals surface area contributed by atoms with Gasteiger partial charge < -0.3 is 10.1 Å². The first-order chi connectivity index (χ1) is 12.0. The van der Waals surface area contributed by atoms with Crippen LogP contribution in [0.4, 0.5) is 5.13 Å². The van der Waals surface area contributed by atoms with E-state index in [0.29, 0.717) is 30.5 Å². The molecule has 0 unspecified atom stereocenters. The Hall–Kier alpha value is -1.18. The molecule has 0 aliphatic heterocycles. The predicted octanol–water partition coefficient (Wildman–Crippen LogP) is 5.25. The van der Waals surface area contributed by atoms with Crippen molar-refractivity contribution in [2.24, 2.45) is 0 Å². The van der Waals surface area contributed by atoms with Gasteiger partial charge in [-0.15, -0.1) is 10.2 Å². The van der Waals surface area contributed by atoms with Crippen molar-refractivity contribution in [1.82, 2.24) is 10.2 Å². The Morgan fingerprint density at radius 2 is 2.20 bits per heavy atom. The maximum absolute atomic E-state index is 12.0. The van der Waals surface area contributed by atoms with Gasteiger partial charge in [0.15, 0.2) is 0 Å². The van der Waals surface area contributed by atoms with E-state index in [2.05, 4.69) is 31.4 Å². The number of benzene rings is 1. The molecule has 0 spiro atoms. The van der Waals surface area contributed by atoms with Crippen LogP contribution in [0.25, 0.3) is 0 Å². The van der Waals surface area contributed by atoms with E-state index >= 15 is 0 Å². The zero-order valence-corrected chi connectivity index (χ0v) is 17.2. The maximum Gasteiger partial charge on any atom is 0.226 e. The summed E-state index contributed by atoms with van der Waals surface area (Å²) in [5, 5.41) is 13.3. The Balaban J connectivity index is 1.44. The Morgan fingerprint density at radius 3 is 2.92 bits per heavy atom. The number of carbonyl (C=O) groups excluding carboxylic acids is 1. The number of nitrogens with one attached hydrogen (secondary N) is 1. The standard InChI is InChI=1S/C17H19BrClN3O2S/c1-9-8-12(14(18)10(2)15(9)19)24-7-3-4-13(23)20-17-22-21-16(25-17)11-5-6-11/h8,11H,3-7H2,1-2H3,(H,20,22,23). The van der Waals surface area contributed by atoms with Crippen LogP contribution < -0.4 is 10.1 Å². The largest absolute Gasteiger partial charge is 0.492 e. The van der Waals surface area contributed by atoms with E-state index in [1.54, 1.807) is 0 Å². The highest BCUT2D eigenvalue weighted by atomic mass is 79.9. The molecule has 1 fully saturated rings. The highest BCUT2D eigenvalue weighted by Crippen LogP contribution is 2.42. The van der Waals surface area contributed by atoms with Crippen LogP contribution in [-0.2, 0) is 4.79 Å². The molecule has 2 aromatic rings. The average Bonchev–Trinajstić information content (AvgIpc) is 3.34. The number of aryl methyl sites for hydroxylation is 1. The zero-order chi connectivity index (χ0) is 18.0. The third kappa shape index (κ3) is 4.71. The number of hydrogen-bond acceptors (Lipinski definition) is 5. The van der Waals surface area contributed by atoms with Gasteiger partial charge in [-0.25, -0.2) is 0 Å². The second-order valence-corrected chi connectivity index (χ2v) is 8.34. The van der Waals surface area contributed by atoms with Gasteiger partial charge in [0.2, 0.25) is 11.0 Å². The minimum atomic E-state index is -0.0652. The molecule has 3 rings (SSSR count). The van der Waals surface area contributed by atoms with Gasteiger partial charge >= 0.3 is 0 Å². The summed E-state index contributed by atoms with van der Waals surface area (Å²) in [6.45, 7) is 4.34. The maximum atomic E-state index is 12.0. The number of halogens is 2. The summed E-state index contributed by atoms with van der Waals surface area (Å²) in [6, 6.07) is 1.90. The molecule has 0 bridgehead atoms. The van der Waals surface area contributed by atoms with Crippen LogP contribution >= 0.6 is 38.9 Å². The van der Waals surface area contributed by atoms with E-state index in [1.165, 1.54) is 24.2 Å². The van der Waals surface area contributed by atoms with Gasteiger partial charge in [0.25, 0.3) is 0 Å². The molecule has 1 aliphatic rings. The van der Waals surface area contributed by atoms with Crippen molar-refractivity contribution in [3.8, 4) is 5.75 Å². The van der Waals surface area contributed by atoms with E-state index in [0.717, 1.165) is 31.4 Å². The van der Waals surface area contributed by atoms with Crippen molar-refractivity contribution in [2.75, 3.05) is 11.9 Å². The molecule has 1 amide bonds. The van der Waals surface area contributed by atoms with Crippen LogP contribution in [-0.4, -0.2) is 22.7 Å². The number of carbonyl (C=O) groups is 1. The number of anilines is 1. The molecule has 1 aromatic carbocycles. The van der Waals surface area contributed by atoms with Gasteiger partial charge in [0.1, 0.15) is 10.8 Å². The number of nitrogens with zero attached hydrogens (tertiary/aromatic N) is 2. The van der Waals surface area contributed by atoms with Crippen LogP contribution in [0, 0.1) is 13.8 Å². The fraction of sp³-hybridized carbons (Fsp3) is 0.471. The number of hydrogen-bond donors (Lipinski definition) is 1. The summed E-state index contributed by atoms with van der Waals surface area (Å²) in [6.07, 6.45) is 3.35. The normalized spacial score (nSPS) is 13.8. The summed E-state index contributed by atoms with van der Waals surface area (Å²) in [5.74, 6) is 1.24. The lowest BCUT2D eigenvalue weighted by atomic mass is 10.1. The summed E-state index contributed by atoms with van der Waals surface area (Å²) in [7, 11) is 0. The van der Waals surface area contributed by atoms with Crippen LogP contribution in [0.3, 0.4) is 0 Å². The van der Waals surface area contributed by atoms with Crippen molar-refractivity contribution in [2.45, 2.75) is 45.4 Å². The van der Waals surface area contributed by atoms with Crippen LogP contribution in [0.2, 0.25) is 5.02 Å². The summed E-state index contributed by atoms with van der Waals surface area (Å²) in [4.78, 5) is 12.0. The summed E-state index contributed by atoms with van der Waals surface area (Å²) < 4.78 is 6.64.